The molecule has 2 amide bonds. The summed E-state index contributed by atoms with van der Waals surface area (Å²) in [6, 6.07) is -0.906. The predicted octanol–water partition coefficient (Wildman–Crippen LogP) is -1.47. The minimum Gasteiger partial charge on any atom is -0.376 e. The maximum atomic E-state index is 11.6. The fraction of sp³-hybridized carbons (Fsp3) is 0.846. The molecule has 1 aliphatic heterocycles. The number of hydrogen-bond acceptors (Lipinski definition) is 5. The van der Waals surface area contributed by atoms with Gasteiger partial charge in [0.15, 0.2) is 0 Å². The number of carbonyl (C=O) groups is 2. The first-order chi connectivity index (χ1) is 9.58. The number of amides is 2. The Bertz CT molecular complexity index is 308. The Labute approximate surface area is 119 Å². The number of rotatable bonds is 9. The fourth-order valence-electron chi connectivity index (χ4n) is 2.43. The molecular weight excluding hydrogens is 260 g/mol. The fourth-order valence-corrected chi connectivity index (χ4v) is 2.43. The lowest BCUT2D eigenvalue weighted by Gasteiger charge is -2.27. The molecule has 7 heteroatoms. The summed E-state index contributed by atoms with van der Waals surface area (Å²) in [7, 11) is 0. The topological polar surface area (TPSA) is 102 Å². The summed E-state index contributed by atoms with van der Waals surface area (Å²) in [4.78, 5) is 22.3. The standard InChI is InChI=1S/C13H26N4O3/c1-3-15-12(19)9(2)17-13(20)11(16-8-18)6-10-4-5-14-7-10/h8-11,13-14,17,20H,3-7H2,1-2H3,(H,15,19)(H,16,18)/t9-,10?,11+,13?/m1/s1. The first-order valence-corrected chi connectivity index (χ1v) is 7.20. The molecule has 1 rings (SSSR count). The van der Waals surface area contributed by atoms with Crippen molar-refractivity contribution >= 4 is 12.3 Å². The van der Waals surface area contributed by atoms with E-state index in [0.717, 1.165) is 19.5 Å². The second-order valence-corrected chi connectivity index (χ2v) is 5.21. The highest BCUT2D eigenvalue weighted by molar-refractivity contribution is 5.81. The van der Waals surface area contributed by atoms with E-state index in [1.165, 1.54) is 0 Å². The van der Waals surface area contributed by atoms with Crippen LogP contribution in [0.2, 0.25) is 0 Å². The number of aliphatic hydroxyl groups excluding tert-OH is 1. The molecular formula is C13H26N4O3. The van der Waals surface area contributed by atoms with Crippen molar-refractivity contribution in [1.29, 1.82) is 0 Å². The Hall–Kier alpha value is -1.18. The van der Waals surface area contributed by atoms with Crippen LogP contribution in [0.15, 0.2) is 0 Å². The molecule has 1 heterocycles. The lowest BCUT2D eigenvalue weighted by Crippen LogP contribution is -2.54. The van der Waals surface area contributed by atoms with Crippen molar-refractivity contribution in [3.63, 3.8) is 0 Å². The van der Waals surface area contributed by atoms with E-state index in [1.807, 2.05) is 6.92 Å². The van der Waals surface area contributed by atoms with E-state index in [9.17, 15) is 14.7 Å². The molecule has 20 heavy (non-hydrogen) atoms. The van der Waals surface area contributed by atoms with Crippen molar-refractivity contribution in [3.05, 3.63) is 0 Å². The molecule has 0 bridgehead atoms. The number of nitrogens with one attached hydrogen (secondary N) is 4. The third-order valence-corrected chi connectivity index (χ3v) is 3.58. The summed E-state index contributed by atoms with van der Waals surface area (Å²) in [5.41, 5.74) is 0. The smallest absolute Gasteiger partial charge is 0.236 e. The van der Waals surface area contributed by atoms with Crippen molar-refractivity contribution < 1.29 is 14.7 Å². The zero-order valence-electron chi connectivity index (χ0n) is 12.2. The SMILES string of the molecule is CCNC(=O)[C@@H](C)NC(O)[C@H](CC1CCNC1)NC=O. The lowest BCUT2D eigenvalue weighted by molar-refractivity contribution is -0.123. The lowest BCUT2D eigenvalue weighted by atomic mass is 9.98. The molecule has 0 spiro atoms. The molecule has 1 saturated heterocycles. The van der Waals surface area contributed by atoms with Crippen LogP contribution in [0.4, 0.5) is 0 Å². The first-order valence-electron chi connectivity index (χ1n) is 7.20. The molecule has 5 N–H and O–H groups in total. The Morgan fingerprint density at radius 3 is 2.85 bits per heavy atom. The van der Waals surface area contributed by atoms with Gasteiger partial charge in [-0.05, 0) is 45.7 Å². The van der Waals surface area contributed by atoms with E-state index >= 15 is 0 Å². The van der Waals surface area contributed by atoms with Gasteiger partial charge in [-0.2, -0.15) is 0 Å². The molecule has 4 atom stereocenters. The molecule has 0 aromatic rings. The minimum atomic E-state index is -0.946. The van der Waals surface area contributed by atoms with Crippen LogP contribution >= 0.6 is 0 Å². The maximum absolute atomic E-state index is 11.6. The average molecular weight is 286 g/mol. The Kier molecular flexibility index (Phi) is 7.50. The van der Waals surface area contributed by atoms with Gasteiger partial charge >= 0.3 is 0 Å². The third-order valence-electron chi connectivity index (χ3n) is 3.58. The van der Waals surface area contributed by atoms with Crippen molar-refractivity contribution in [1.82, 2.24) is 21.3 Å². The van der Waals surface area contributed by atoms with E-state index in [1.54, 1.807) is 6.92 Å². The molecule has 2 unspecified atom stereocenters. The minimum absolute atomic E-state index is 0.168. The van der Waals surface area contributed by atoms with Crippen LogP contribution in [0, 0.1) is 5.92 Å². The first kappa shape index (κ1) is 16.9. The molecule has 0 saturated carbocycles. The summed E-state index contributed by atoms with van der Waals surface area (Å²) in [6.07, 6.45) is 1.37. The summed E-state index contributed by atoms with van der Waals surface area (Å²) < 4.78 is 0. The average Bonchev–Trinajstić information content (AvgIpc) is 2.91. The predicted molar refractivity (Wildman–Crippen MR) is 75.9 cm³/mol. The Morgan fingerprint density at radius 1 is 1.55 bits per heavy atom. The van der Waals surface area contributed by atoms with Crippen LogP contribution in [0.5, 0.6) is 0 Å². The van der Waals surface area contributed by atoms with Crippen LogP contribution in [0.1, 0.15) is 26.7 Å². The molecule has 0 aromatic carbocycles. The number of aliphatic hydroxyl groups is 1. The van der Waals surface area contributed by atoms with Crippen molar-refractivity contribution in [2.24, 2.45) is 5.92 Å². The van der Waals surface area contributed by atoms with Gasteiger partial charge in [0.05, 0.1) is 12.1 Å². The van der Waals surface area contributed by atoms with Crippen LogP contribution in [0.25, 0.3) is 0 Å². The van der Waals surface area contributed by atoms with Gasteiger partial charge in [0, 0.05) is 6.54 Å². The molecule has 1 fully saturated rings. The van der Waals surface area contributed by atoms with E-state index in [-0.39, 0.29) is 5.91 Å². The van der Waals surface area contributed by atoms with Crippen molar-refractivity contribution in [2.45, 2.75) is 45.0 Å². The summed E-state index contributed by atoms with van der Waals surface area (Å²) in [5, 5.41) is 21.5. The molecule has 0 aliphatic carbocycles. The van der Waals surface area contributed by atoms with E-state index in [4.69, 9.17) is 0 Å². The van der Waals surface area contributed by atoms with Crippen LogP contribution in [-0.2, 0) is 9.59 Å². The second-order valence-electron chi connectivity index (χ2n) is 5.21. The molecule has 1 aliphatic rings. The Morgan fingerprint density at radius 2 is 2.30 bits per heavy atom. The second kappa shape index (κ2) is 8.89. The quantitative estimate of drug-likeness (QED) is 0.263. The van der Waals surface area contributed by atoms with Gasteiger partial charge in [-0.15, -0.1) is 0 Å². The van der Waals surface area contributed by atoms with Crippen molar-refractivity contribution in [3.8, 4) is 0 Å². The number of carbonyl (C=O) groups excluding carboxylic acids is 2. The summed E-state index contributed by atoms with van der Waals surface area (Å²) in [6.45, 7) is 5.94. The highest BCUT2D eigenvalue weighted by Gasteiger charge is 2.27. The largest absolute Gasteiger partial charge is 0.376 e. The van der Waals surface area contributed by atoms with Gasteiger partial charge in [-0.3, -0.25) is 14.9 Å². The van der Waals surface area contributed by atoms with Gasteiger partial charge < -0.3 is 21.1 Å². The van der Waals surface area contributed by atoms with Crippen LogP contribution in [0.3, 0.4) is 0 Å². The van der Waals surface area contributed by atoms with Gasteiger partial charge in [-0.1, -0.05) is 0 Å². The Balaban J connectivity index is 2.47. The van der Waals surface area contributed by atoms with Crippen LogP contribution < -0.4 is 21.3 Å². The van der Waals surface area contributed by atoms with Gasteiger partial charge in [-0.25, -0.2) is 0 Å². The third kappa shape index (κ3) is 5.44. The summed E-state index contributed by atoms with van der Waals surface area (Å²) >= 11 is 0. The highest BCUT2D eigenvalue weighted by Crippen LogP contribution is 2.15. The molecule has 116 valence electrons. The van der Waals surface area contributed by atoms with Gasteiger partial charge in [0.1, 0.15) is 6.23 Å². The number of likely N-dealkylation sites (N-methyl/N-ethyl adjacent to an activating group) is 1. The maximum Gasteiger partial charge on any atom is 0.236 e. The summed E-state index contributed by atoms with van der Waals surface area (Å²) in [5.74, 6) is 0.266. The van der Waals surface area contributed by atoms with Crippen molar-refractivity contribution in [2.75, 3.05) is 19.6 Å². The van der Waals surface area contributed by atoms with E-state index < -0.39 is 18.3 Å². The van der Waals surface area contributed by atoms with Gasteiger partial charge in [0.25, 0.3) is 0 Å². The molecule has 0 aromatic heterocycles. The van der Waals surface area contributed by atoms with Gasteiger partial charge in [0.2, 0.25) is 12.3 Å². The normalized spacial score (nSPS) is 22.9. The molecule has 0 radical (unpaired) electrons. The molecule has 7 nitrogen and oxygen atoms in total. The van der Waals surface area contributed by atoms with Crippen LogP contribution in [-0.4, -0.2) is 55.4 Å². The monoisotopic (exact) mass is 286 g/mol. The highest BCUT2D eigenvalue weighted by atomic mass is 16.3. The zero-order chi connectivity index (χ0) is 15.0. The van der Waals surface area contributed by atoms with E-state index in [0.29, 0.717) is 25.3 Å². The number of hydrogen-bond donors (Lipinski definition) is 5. The zero-order valence-corrected chi connectivity index (χ0v) is 12.2. The van der Waals surface area contributed by atoms with E-state index in [2.05, 4.69) is 21.3 Å².